The molecule has 2 unspecified atom stereocenters. The van der Waals surface area contributed by atoms with Gasteiger partial charge >= 0.3 is 0 Å². The summed E-state index contributed by atoms with van der Waals surface area (Å²) in [4.78, 5) is 0. The van der Waals surface area contributed by atoms with Crippen LogP contribution in [-0.4, -0.2) is 18.8 Å². The van der Waals surface area contributed by atoms with Crippen LogP contribution in [0.1, 0.15) is 25.8 Å². The zero-order chi connectivity index (χ0) is 11.1. The van der Waals surface area contributed by atoms with Gasteiger partial charge in [0.05, 0.1) is 6.10 Å². The van der Waals surface area contributed by atoms with Crippen LogP contribution in [0.25, 0.3) is 0 Å². The highest BCUT2D eigenvalue weighted by Crippen LogP contribution is 2.09. The van der Waals surface area contributed by atoms with Gasteiger partial charge < -0.3 is 10.5 Å². The summed E-state index contributed by atoms with van der Waals surface area (Å²) < 4.78 is 5.60. The Morgan fingerprint density at radius 1 is 1.20 bits per heavy atom. The van der Waals surface area contributed by atoms with Crippen LogP contribution in [0.4, 0.5) is 0 Å². The van der Waals surface area contributed by atoms with Crippen molar-refractivity contribution < 1.29 is 4.74 Å². The highest BCUT2D eigenvalue weighted by Gasteiger charge is 2.15. The minimum atomic E-state index is 0.0948. The van der Waals surface area contributed by atoms with E-state index in [1.54, 1.807) is 0 Å². The summed E-state index contributed by atoms with van der Waals surface area (Å²) >= 11 is 0. The molecule has 2 heteroatoms. The minimum absolute atomic E-state index is 0.0948. The maximum atomic E-state index is 6.12. The fourth-order valence-electron chi connectivity index (χ4n) is 1.78. The third kappa shape index (κ3) is 4.02. The Morgan fingerprint density at radius 2 is 1.87 bits per heavy atom. The van der Waals surface area contributed by atoms with Gasteiger partial charge in [-0.1, -0.05) is 37.3 Å². The van der Waals surface area contributed by atoms with Gasteiger partial charge in [0.15, 0.2) is 0 Å². The molecule has 0 fully saturated rings. The molecule has 0 amide bonds. The third-order valence-electron chi connectivity index (χ3n) is 2.57. The van der Waals surface area contributed by atoms with Crippen LogP contribution in [0.5, 0.6) is 0 Å². The Kier molecular flexibility index (Phi) is 5.37. The maximum Gasteiger partial charge on any atom is 0.0726 e. The number of nitrogens with two attached hydrogens (primary N) is 1. The highest BCUT2D eigenvalue weighted by molar-refractivity contribution is 5.16. The van der Waals surface area contributed by atoms with Crippen molar-refractivity contribution in [2.75, 3.05) is 6.61 Å². The predicted octanol–water partition coefficient (Wildman–Crippen LogP) is 2.37. The first-order valence-corrected chi connectivity index (χ1v) is 5.69. The molecule has 0 saturated heterocycles. The van der Waals surface area contributed by atoms with Crippen LogP contribution in [0.3, 0.4) is 0 Å². The largest absolute Gasteiger partial charge is 0.377 e. The van der Waals surface area contributed by atoms with Crippen molar-refractivity contribution >= 4 is 0 Å². The molecule has 0 heterocycles. The van der Waals surface area contributed by atoms with Crippen LogP contribution in [-0.2, 0) is 11.2 Å². The Hall–Kier alpha value is -0.860. The predicted molar refractivity (Wildman–Crippen MR) is 63.8 cm³/mol. The quantitative estimate of drug-likeness (QED) is 0.777. The summed E-state index contributed by atoms with van der Waals surface area (Å²) in [5.41, 5.74) is 7.40. The second-order valence-electron chi connectivity index (χ2n) is 3.76. The molecule has 2 N–H and O–H groups in total. The zero-order valence-corrected chi connectivity index (χ0v) is 9.65. The molecule has 15 heavy (non-hydrogen) atoms. The molecule has 0 aliphatic heterocycles. The lowest BCUT2D eigenvalue weighted by molar-refractivity contribution is 0.0417. The SMILES string of the molecule is CCOC(CC)C(N)Cc1ccccc1. The summed E-state index contributed by atoms with van der Waals surface area (Å²) in [5, 5.41) is 0. The monoisotopic (exact) mass is 207 g/mol. The Balaban J connectivity index is 2.50. The van der Waals surface area contributed by atoms with Crippen molar-refractivity contribution in [3.05, 3.63) is 35.9 Å². The number of ether oxygens (including phenoxy) is 1. The van der Waals surface area contributed by atoms with Crippen LogP contribution in [0.2, 0.25) is 0 Å². The minimum Gasteiger partial charge on any atom is -0.377 e. The maximum absolute atomic E-state index is 6.12. The van der Waals surface area contributed by atoms with Gasteiger partial charge in [-0.25, -0.2) is 0 Å². The lowest BCUT2D eigenvalue weighted by atomic mass is 10.0. The average molecular weight is 207 g/mol. The molecule has 1 aromatic rings. The van der Waals surface area contributed by atoms with E-state index in [-0.39, 0.29) is 12.1 Å². The van der Waals surface area contributed by atoms with E-state index in [9.17, 15) is 0 Å². The van der Waals surface area contributed by atoms with Crippen molar-refractivity contribution in [2.24, 2.45) is 5.73 Å². The molecule has 0 spiro atoms. The Bertz CT molecular complexity index is 260. The second kappa shape index (κ2) is 6.59. The van der Waals surface area contributed by atoms with Gasteiger partial charge in [0.25, 0.3) is 0 Å². The lowest BCUT2D eigenvalue weighted by Crippen LogP contribution is -2.38. The van der Waals surface area contributed by atoms with Crippen LogP contribution in [0.15, 0.2) is 30.3 Å². The van der Waals surface area contributed by atoms with Gasteiger partial charge in [0, 0.05) is 12.6 Å². The summed E-state index contributed by atoms with van der Waals surface area (Å²) in [6, 6.07) is 10.4. The number of rotatable bonds is 6. The van der Waals surface area contributed by atoms with Gasteiger partial charge in [-0.05, 0) is 25.3 Å². The van der Waals surface area contributed by atoms with Crippen LogP contribution < -0.4 is 5.73 Å². The van der Waals surface area contributed by atoms with Crippen molar-refractivity contribution in [3.8, 4) is 0 Å². The molecule has 84 valence electrons. The second-order valence-corrected chi connectivity index (χ2v) is 3.76. The van der Waals surface area contributed by atoms with Gasteiger partial charge in [0.1, 0.15) is 0 Å². The van der Waals surface area contributed by atoms with E-state index in [0.717, 1.165) is 19.4 Å². The summed E-state index contributed by atoms with van der Waals surface area (Å²) in [6.45, 7) is 4.87. The smallest absolute Gasteiger partial charge is 0.0726 e. The summed E-state index contributed by atoms with van der Waals surface area (Å²) in [7, 11) is 0. The molecule has 2 nitrogen and oxygen atoms in total. The van der Waals surface area contributed by atoms with E-state index in [4.69, 9.17) is 10.5 Å². The van der Waals surface area contributed by atoms with E-state index in [1.807, 2.05) is 25.1 Å². The normalized spacial score (nSPS) is 14.9. The third-order valence-corrected chi connectivity index (χ3v) is 2.57. The van der Waals surface area contributed by atoms with Crippen molar-refractivity contribution in [1.82, 2.24) is 0 Å². The van der Waals surface area contributed by atoms with Crippen LogP contribution >= 0.6 is 0 Å². The lowest BCUT2D eigenvalue weighted by Gasteiger charge is -2.22. The molecule has 0 aliphatic rings. The molecule has 0 bridgehead atoms. The first kappa shape index (κ1) is 12.2. The summed E-state index contributed by atoms with van der Waals surface area (Å²) in [5.74, 6) is 0. The summed E-state index contributed by atoms with van der Waals surface area (Å²) in [6.07, 6.45) is 2.04. The molecule has 2 atom stereocenters. The first-order chi connectivity index (χ1) is 7.27. The van der Waals surface area contributed by atoms with Gasteiger partial charge in [0.2, 0.25) is 0 Å². The molecule has 1 aromatic carbocycles. The van der Waals surface area contributed by atoms with E-state index < -0.39 is 0 Å². The van der Waals surface area contributed by atoms with Crippen molar-refractivity contribution in [3.63, 3.8) is 0 Å². The van der Waals surface area contributed by atoms with Gasteiger partial charge in [-0.2, -0.15) is 0 Å². The van der Waals surface area contributed by atoms with Gasteiger partial charge in [-0.15, -0.1) is 0 Å². The number of hydrogen-bond donors (Lipinski definition) is 1. The molecular weight excluding hydrogens is 186 g/mol. The van der Waals surface area contributed by atoms with Gasteiger partial charge in [-0.3, -0.25) is 0 Å². The highest BCUT2D eigenvalue weighted by atomic mass is 16.5. The van der Waals surface area contributed by atoms with Crippen LogP contribution in [0, 0.1) is 0 Å². The first-order valence-electron chi connectivity index (χ1n) is 5.69. The van der Waals surface area contributed by atoms with E-state index in [0.29, 0.717) is 0 Å². The van der Waals surface area contributed by atoms with E-state index >= 15 is 0 Å². The fraction of sp³-hybridized carbons (Fsp3) is 0.538. The average Bonchev–Trinajstić information content (AvgIpc) is 2.27. The molecule has 1 rings (SSSR count). The van der Waals surface area contributed by atoms with Crippen molar-refractivity contribution in [1.29, 1.82) is 0 Å². The number of hydrogen-bond acceptors (Lipinski definition) is 2. The van der Waals surface area contributed by atoms with E-state index in [2.05, 4.69) is 19.1 Å². The fourth-order valence-corrected chi connectivity index (χ4v) is 1.78. The molecule has 0 aliphatic carbocycles. The van der Waals surface area contributed by atoms with E-state index in [1.165, 1.54) is 5.56 Å². The standard InChI is InChI=1S/C13H21NO/c1-3-13(15-4-2)12(14)10-11-8-6-5-7-9-11/h5-9,12-13H,3-4,10,14H2,1-2H3. The van der Waals surface area contributed by atoms with Crippen molar-refractivity contribution in [2.45, 2.75) is 38.8 Å². The molecular formula is C13H21NO. The topological polar surface area (TPSA) is 35.2 Å². The number of benzene rings is 1. The Labute approximate surface area is 92.4 Å². The molecule has 0 saturated carbocycles. The molecule has 0 aromatic heterocycles. The zero-order valence-electron chi connectivity index (χ0n) is 9.65. The Morgan fingerprint density at radius 3 is 2.40 bits per heavy atom. The molecule has 0 radical (unpaired) electrons.